The van der Waals surface area contributed by atoms with Crippen LogP contribution >= 0.6 is 11.8 Å². The first kappa shape index (κ1) is 19.8. The first-order chi connectivity index (χ1) is 13.4. The Balaban J connectivity index is 1.87. The molecule has 7 heteroatoms. The fourth-order valence-electron chi connectivity index (χ4n) is 2.65. The summed E-state index contributed by atoms with van der Waals surface area (Å²) < 4.78 is 15.2. The van der Waals surface area contributed by atoms with Crippen LogP contribution in [0, 0.1) is 12.7 Å². The molecule has 2 aromatic carbocycles. The van der Waals surface area contributed by atoms with Crippen LogP contribution in [-0.2, 0) is 11.3 Å². The topological polar surface area (TPSA) is 64.0 Å². The molecule has 1 heterocycles. The lowest BCUT2D eigenvalue weighted by atomic mass is 10.2. The third kappa shape index (κ3) is 4.14. The minimum atomic E-state index is -0.548. The average molecular weight is 397 g/mol. The van der Waals surface area contributed by atoms with Gasteiger partial charge in [-0.2, -0.15) is 0 Å². The molecule has 0 radical (unpaired) electrons. The third-order valence-electron chi connectivity index (χ3n) is 4.23. The first-order valence-electron chi connectivity index (χ1n) is 8.75. The second kappa shape index (κ2) is 8.39. The highest BCUT2D eigenvalue weighted by Crippen LogP contribution is 2.24. The normalized spacial score (nSPS) is 12.0. The molecule has 28 heavy (non-hydrogen) atoms. The van der Waals surface area contributed by atoms with E-state index in [-0.39, 0.29) is 23.8 Å². The number of hydrogen-bond donors (Lipinski definition) is 1. The largest absolute Gasteiger partial charge is 0.325 e. The van der Waals surface area contributed by atoms with E-state index in [9.17, 15) is 14.0 Å². The summed E-state index contributed by atoms with van der Waals surface area (Å²) >= 11 is 1.17. The molecule has 1 N–H and O–H groups in total. The van der Waals surface area contributed by atoms with Crippen LogP contribution in [0.5, 0.6) is 0 Å². The van der Waals surface area contributed by atoms with Gasteiger partial charge in [0.25, 0.3) is 5.56 Å². The number of nitrogens with zero attached hydrogens (tertiary/aromatic N) is 2. The van der Waals surface area contributed by atoms with E-state index in [1.807, 2.05) is 6.07 Å². The second-order valence-electron chi connectivity index (χ2n) is 6.33. The van der Waals surface area contributed by atoms with Gasteiger partial charge in [0.05, 0.1) is 16.2 Å². The molecular weight excluding hydrogens is 377 g/mol. The third-order valence-corrected chi connectivity index (χ3v) is 5.32. The number of benzene rings is 2. The zero-order valence-electron chi connectivity index (χ0n) is 15.6. The van der Waals surface area contributed by atoms with Gasteiger partial charge in [-0.3, -0.25) is 14.2 Å². The Bertz CT molecular complexity index is 1110. The van der Waals surface area contributed by atoms with Gasteiger partial charge in [0, 0.05) is 12.2 Å². The van der Waals surface area contributed by atoms with Gasteiger partial charge in [0.15, 0.2) is 5.16 Å². The molecule has 3 rings (SSSR count). The lowest BCUT2D eigenvalue weighted by molar-refractivity contribution is -0.115. The minimum absolute atomic E-state index is 0.179. The quantitative estimate of drug-likeness (QED) is 0.386. The lowest BCUT2D eigenvalue weighted by Crippen LogP contribution is -2.26. The summed E-state index contributed by atoms with van der Waals surface area (Å²) in [5.41, 5.74) is 1.29. The number of carbonyl (C=O) groups excluding carboxylic acids is 1. The van der Waals surface area contributed by atoms with Gasteiger partial charge < -0.3 is 5.32 Å². The molecule has 5 nitrogen and oxygen atoms in total. The number of aryl methyl sites for hydroxylation is 1. The van der Waals surface area contributed by atoms with Gasteiger partial charge in [0.2, 0.25) is 5.91 Å². The van der Waals surface area contributed by atoms with E-state index in [0.717, 1.165) is 0 Å². The Hall–Kier alpha value is -2.93. The standard InChI is InChI=1S/C21H20FN3O2S/c1-4-11-25-20(27)16-7-5-6-8-18(16)24-21(25)28-14(3)19(26)23-15-10-9-13(2)17(22)12-15/h4-10,12,14H,1,11H2,2-3H3,(H,23,26)/t14-/m0/s1. The van der Waals surface area contributed by atoms with Crippen LogP contribution in [0.4, 0.5) is 10.1 Å². The summed E-state index contributed by atoms with van der Waals surface area (Å²) in [4.78, 5) is 29.9. The molecule has 0 aliphatic rings. The molecule has 0 saturated heterocycles. The number of thioether (sulfide) groups is 1. The highest BCUT2D eigenvalue weighted by Gasteiger charge is 2.19. The van der Waals surface area contributed by atoms with Crippen molar-refractivity contribution in [1.29, 1.82) is 0 Å². The number of carbonyl (C=O) groups is 1. The Labute approximate surface area is 166 Å². The summed E-state index contributed by atoms with van der Waals surface area (Å²) in [7, 11) is 0. The number of halogens is 1. The number of rotatable bonds is 6. The molecule has 3 aromatic rings. The maximum absolute atomic E-state index is 13.7. The van der Waals surface area contributed by atoms with Crippen molar-refractivity contribution in [2.45, 2.75) is 30.8 Å². The van der Waals surface area contributed by atoms with Crippen LogP contribution in [0.2, 0.25) is 0 Å². The van der Waals surface area contributed by atoms with Gasteiger partial charge in [-0.25, -0.2) is 9.37 Å². The average Bonchev–Trinajstić information content (AvgIpc) is 2.67. The van der Waals surface area contributed by atoms with Crippen LogP contribution in [-0.4, -0.2) is 20.7 Å². The number of hydrogen-bond acceptors (Lipinski definition) is 4. The Morgan fingerprint density at radius 1 is 1.36 bits per heavy atom. The number of allylic oxidation sites excluding steroid dienone is 1. The van der Waals surface area contributed by atoms with Crippen LogP contribution in [0.3, 0.4) is 0 Å². The number of aromatic nitrogens is 2. The van der Waals surface area contributed by atoms with Crippen LogP contribution in [0.1, 0.15) is 12.5 Å². The molecule has 0 aliphatic heterocycles. The van der Waals surface area contributed by atoms with E-state index in [0.29, 0.717) is 27.3 Å². The van der Waals surface area contributed by atoms with E-state index in [2.05, 4.69) is 16.9 Å². The molecule has 0 saturated carbocycles. The molecule has 1 aromatic heterocycles. The van der Waals surface area contributed by atoms with Gasteiger partial charge in [-0.05, 0) is 43.7 Å². The maximum Gasteiger partial charge on any atom is 0.262 e. The summed E-state index contributed by atoms with van der Waals surface area (Å²) in [5.74, 6) is -0.685. The first-order valence-corrected chi connectivity index (χ1v) is 9.63. The van der Waals surface area contributed by atoms with Crippen molar-refractivity contribution in [1.82, 2.24) is 9.55 Å². The van der Waals surface area contributed by atoms with Crippen molar-refractivity contribution < 1.29 is 9.18 Å². The molecule has 0 bridgehead atoms. The van der Waals surface area contributed by atoms with E-state index in [1.165, 1.54) is 22.4 Å². The zero-order chi connectivity index (χ0) is 20.3. The molecule has 0 spiro atoms. The summed E-state index contributed by atoms with van der Waals surface area (Å²) in [5, 5.41) is 3.10. The van der Waals surface area contributed by atoms with Crippen molar-refractivity contribution >= 4 is 34.3 Å². The van der Waals surface area contributed by atoms with Crippen LogP contribution in [0.25, 0.3) is 10.9 Å². The van der Waals surface area contributed by atoms with Crippen molar-refractivity contribution in [3.63, 3.8) is 0 Å². The fraction of sp³-hybridized carbons (Fsp3) is 0.190. The van der Waals surface area contributed by atoms with Crippen LogP contribution < -0.4 is 10.9 Å². The van der Waals surface area contributed by atoms with Crippen molar-refractivity contribution in [3.05, 3.63) is 76.9 Å². The molecule has 1 amide bonds. The van der Waals surface area contributed by atoms with Gasteiger partial charge in [0.1, 0.15) is 5.82 Å². The van der Waals surface area contributed by atoms with E-state index in [4.69, 9.17) is 0 Å². The molecule has 0 unspecified atom stereocenters. The minimum Gasteiger partial charge on any atom is -0.325 e. The zero-order valence-corrected chi connectivity index (χ0v) is 16.4. The van der Waals surface area contributed by atoms with Gasteiger partial charge >= 0.3 is 0 Å². The SMILES string of the molecule is C=CCn1c(S[C@@H](C)C(=O)Nc2ccc(C)c(F)c2)nc2ccccc2c1=O. The van der Waals surface area contributed by atoms with Gasteiger partial charge in [-0.1, -0.05) is 36.0 Å². The number of anilines is 1. The number of para-hydroxylation sites is 1. The molecule has 1 atom stereocenters. The molecular formula is C21H20FN3O2S. The van der Waals surface area contributed by atoms with E-state index < -0.39 is 5.25 Å². The van der Waals surface area contributed by atoms with Crippen molar-refractivity contribution in [2.75, 3.05) is 5.32 Å². The van der Waals surface area contributed by atoms with Crippen molar-refractivity contribution in [2.24, 2.45) is 0 Å². The van der Waals surface area contributed by atoms with Gasteiger partial charge in [-0.15, -0.1) is 6.58 Å². The second-order valence-corrected chi connectivity index (χ2v) is 7.64. The number of amides is 1. The summed E-state index contributed by atoms with van der Waals surface area (Å²) in [6.07, 6.45) is 1.61. The molecule has 0 fully saturated rings. The Morgan fingerprint density at radius 2 is 2.11 bits per heavy atom. The maximum atomic E-state index is 13.7. The lowest BCUT2D eigenvalue weighted by Gasteiger charge is -2.15. The highest BCUT2D eigenvalue weighted by atomic mass is 32.2. The summed E-state index contributed by atoms with van der Waals surface area (Å²) in [6, 6.07) is 11.6. The number of fused-ring (bicyclic) bond motifs is 1. The van der Waals surface area contributed by atoms with Crippen LogP contribution in [0.15, 0.2) is 65.1 Å². The monoisotopic (exact) mass is 397 g/mol. The molecule has 144 valence electrons. The van der Waals surface area contributed by atoms with E-state index >= 15 is 0 Å². The smallest absolute Gasteiger partial charge is 0.262 e. The predicted molar refractivity (Wildman–Crippen MR) is 111 cm³/mol. The van der Waals surface area contributed by atoms with Crippen molar-refractivity contribution in [3.8, 4) is 0 Å². The van der Waals surface area contributed by atoms with E-state index in [1.54, 1.807) is 50.3 Å². The summed E-state index contributed by atoms with van der Waals surface area (Å²) in [6.45, 7) is 7.35. The predicted octanol–water partition coefficient (Wildman–Crippen LogP) is 4.15. The number of nitrogens with one attached hydrogen (secondary N) is 1. The Morgan fingerprint density at radius 3 is 2.82 bits per heavy atom. The Kier molecular flexibility index (Phi) is 5.94. The fourth-order valence-corrected chi connectivity index (χ4v) is 3.57. The molecule has 0 aliphatic carbocycles. The highest BCUT2D eigenvalue weighted by molar-refractivity contribution is 8.00.